The van der Waals surface area contributed by atoms with E-state index in [0.717, 1.165) is 23.2 Å². The van der Waals surface area contributed by atoms with Crippen LogP contribution in [0.25, 0.3) is 0 Å². The van der Waals surface area contributed by atoms with Crippen molar-refractivity contribution >= 4 is 11.6 Å². The molecule has 0 unspecified atom stereocenters. The van der Waals surface area contributed by atoms with Gasteiger partial charge in [0, 0.05) is 18.7 Å². The van der Waals surface area contributed by atoms with Gasteiger partial charge in [-0.1, -0.05) is 24.3 Å². The summed E-state index contributed by atoms with van der Waals surface area (Å²) < 4.78 is 0. The van der Waals surface area contributed by atoms with Crippen molar-refractivity contribution in [2.45, 2.75) is 19.8 Å². The number of nitrogens with one attached hydrogen (secondary N) is 1. The largest absolute Gasteiger partial charge is 0.399 e. The number of carbonyl (C=O) groups is 1. The fraction of sp³-hybridized carbons (Fsp3) is 0.308. The first-order valence-corrected chi connectivity index (χ1v) is 5.33. The average Bonchev–Trinajstić information content (AvgIpc) is 2.25. The molecule has 0 aliphatic heterocycles. The Hall–Kier alpha value is -1.77. The molecule has 1 rings (SSSR count). The van der Waals surface area contributed by atoms with Crippen molar-refractivity contribution in [3.05, 3.63) is 42.0 Å². The van der Waals surface area contributed by atoms with Gasteiger partial charge in [-0.2, -0.15) is 0 Å². The number of nitrogen functional groups attached to an aromatic ring is 1. The summed E-state index contributed by atoms with van der Waals surface area (Å²) in [5, 5.41) is 2.80. The minimum absolute atomic E-state index is 0.0554. The Balaban J connectivity index is 2.31. The van der Waals surface area contributed by atoms with E-state index in [0.29, 0.717) is 13.0 Å². The van der Waals surface area contributed by atoms with Crippen LogP contribution in [-0.2, 0) is 11.2 Å². The number of aryl methyl sites for hydroxylation is 1. The zero-order valence-corrected chi connectivity index (χ0v) is 9.62. The first-order chi connectivity index (χ1) is 7.58. The zero-order chi connectivity index (χ0) is 12.0. The Morgan fingerprint density at radius 3 is 2.56 bits per heavy atom. The predicted octanol–water partition coefficient (Wildman–Crippen LogP) is 1.89. The third-order valence-electron chi connectivity index (χ3n) is 2.21. The normalized spacial score (nSPS) is 9.81. The molecule has 0 fully saturated rings. The smallest absolute Gasteiger partial charge is 0.220 e. The molecule has 0 heterocycles. The highest BCUT2D eigenvalue weighted by atomic mass is 16.1. The molecule has 1 aromatic carbocycles. The molecule has 0 radical (unpaired) electrons. The number of hydrogen-bond donors (Lipinski definition) is 2. The van der Waals surface area contributed by atoms with Crippen LogP contribution >= 0.6 is 0 Å². The van der Waals surface area contributed by atoms with E-state index in [1.54, 1.807) is 0 Å². The van der Waals surface area contributed by atoms with Gasteiger partial charge >= 0.3 is 0 Å². The topological polar surface area (TPSA) is 55.1 Å². The van der Waals surface area contributed by atoms with Gasteiger partial charge in [0.1, 0.15) is 0 Å². The summed E-state index contributed by atoms with van der Waals surface area (Å²) in [6, 6.07) is 7.59. The van der Waals surface area contributed by atoms with E-state index >= 15 is 0 Å². The zero-order valence-electron chi connectivity index (χ0n) is 9.62. The van der Waals surface area contributed by atoms with Crippen LogP contribution in [0.3, 0.4) is 0 Å². The third-order valence-corrected chi connectivity index (χ3v) is 2.21. The van der Waals surface area contributed by atoms with Crippen LogP contribution in [-0.4, -0.2) is 12.5 Å². The van der Waals surface area contributed by atoms with Crippen LogP contribution < -0.4 is 11.1 Å². The van der Waals surface area contributed by atoms with Gasteiger partial charge in [0.25, 0.3) is 0 Å². The van der Waals surface area contributed by atoms with E-state index < -0.39 is 0 Å². The molecule has 0 spiro atoms. The van der Waals surface area contributed by atoms with Crippen molar-refractivity contribution in [3.8, 4) is 0 Å². The van der Waals surface area contributed by atoms with E-state index in [4.69, 9.17) is 5.73 Å². The Morgan fingerprint density at radius 2 is 2.00 bits per heavy atom. The number of nitrogens with two attached hydrogens (primary N) is 1. The maximum atomic E-state index is 11.4. The molecule has 0 aliphatic carbocycles. The fourth-order valence-corrected chi connectivity index (χ4v) is 1.28. The third kappa shape index (κ3) is 4.64. The minimum Gasteiger partial charge on any atom is -0.399 e. The van der Waals surface area contributed by atoms with Gasteiger partial charge in [0.2, 0.25) is 5.91 Å². The molecule has 1 amide bonds. The quantitative estimate of drug-likeness (QED) is 0.585. The van der Waals surface area contributed by atoms with E-state index in [9.17, 15) is 4.79 Å². The van der Waals surface area contributed by atoms with Crippen molar-refractivity contribution in [2.75, 3.05) is 12.3 Å². The van der Waals surface area contributed by atoms with Crippen molar-refractivity contribution in [3.63, 3.8) is 0 Å². The van der Waals surface area contributed by atoms with E-state index in [-0.39, 0.29) is 5.91 Å². The number of anilines is 1. The summed E-state index contributed by atoms with van der Waals surface area (Å²) >= 11 is 0. The van der Waals surface area contributed by atoms with E-state index in [1.807, 2.05) is 31.2 Å². The summed E-state index contributed by atoms with van der Waals surface area (Å²) in [7, 11) is 0. The van der Waals surface area contributed by atoms with Gasteiger partial charge in [-0.15, -0.1) is 0 Å². The number of carbonyl (C=O) groups excluding carboxylic acids is 1. The molecule has 3 nitrogen and oxygen atoms in total. The lowest BCUT2D eigenvalue weighted by Crippen LogP contribution is -2.24. The van der Waals surface area contributed by atoms with Gasteiger partial charge in [-0.05, 0) is 31.0 Å². The Labute approximate surface area is 96.3 Å². The fourth-order valence-electron chi connectivity index (χ4n) is 1.28. The highest BCUT2D eigenvalue weighted by Gasteiger charge is 2.01. The van der Waals surface area contributed by atoms with Crippen LogP contribution in [0.2, 0.25) is 0 Å². The second-order valence-electron chi connectivity index (χ2n) is 3.98. The van der Waals surface area contributed by atoms with Crippen molar-refractivity contribution in [2.24, 2.45) is 0 Å². The van der Waals surface area contributed by atoms with E-state index in [2.05, 4.69) is 11.9 Å². The maximum absolute atomic E-state index is 11.4. The van der Waals surface area contributed by atoms with Gasteiger partial charge < -0.3 is 11.1 Å². The Kier molecular flexibility index (Phi) is 4.58. The Bertz CT molecular complexity index is 368. The summed E-state index contributed by atoms with van der Waals surface area (Å²) in [5.74, 6) is 0.0554. The molecular weight excluding hydrogens is 200 g/mol. The van der Waals surface area contributed by atoms with Gasteiger partial charge in [-0.25, -0.2) is 0 Å². The van der Waals surface area contributed by atoms with Crippen molar-refractivity contribution < 1.29 is 4.79 Å². The summed E-state index contributed by atoms with van der Waals surface area (Å²) in [4.78, 5) is 11.4. The number of benzene rings is 1. The van der Waals surface area contributed by atoms with Crippen LogP contribution in [0.15, 0.2) is 36.4 Å². The van der Waals surface area contributed by atoms with Gasteiger partial charge in [0.15, 0.2) is 0 Å². The first kappa shape index (κ1) is 12.3. The predicted molar refractivity (Wildman–Crippen MR) is 67.0 cm³/mol. The number of rotatable bonds is 5. The average molecular weight is 218 g/mol. The molecule has 0 bridgehead atoms. The van der Waals surface area contributed by atoms with Gasteiger partial charge in [-0.3, -0.25) is 4.79 Å². The molecule has 16 heavy (non-hydrogen) atoms. The van der Waals surface area contributed by atoms with Crippen LogP contribution in [0, 0.1) is 0 Å². The maximum Gasteiger partial charge on any atom is 0.220 e. The number of hydrogen-bond acceptors (Lipinski definition) is 2. The molecule has 0 saturated carbocycles. The lowest BCUT2D eigenvalue weighted by molar-refractivity contribution is -0.120. The molecule has 1 aromatic rings. The molecule has 0 saturated heterocycles. The van der Waals surface area contributed by atoms with Crippen LogP contribution in [0.1, 0.15) is 18.9 Å². The lowest BCUT2D eigenvalue weighted by Gasteiger charge is -2.05. The standard InChI is InChI=1S/C13H18N2O/c1-10(2)9-15-13(16)8-5-11-3-6-12(14)7-4-11/h3-4,6-7H,1,5,8-9,14H2,2H3,(H,15,16). The molecule has 0 aromatic heterocycles. The number of amides is 1. The van der Waals surface area contributed by atoms with E-state index in [1.165, 1.54) is 0 Å². The SMILES string of the molecule is C=C(C)CNC(=O)CCc1ccc(N)cc1. The molecule has 3 N–H and O–H groups in total. The van der Waals surface area contributed by atoms with Crippen molar-refractivity contribution in [1.29, 1.82) is 0 Å². The second kappa shape index (κ2) is 5.95. The highest BCUT2D eigenvalue weighted by Crippen LogP contribution is 2.07. The summed E-state index contributed by atoms with van der Waals surface area (Å²) in [6.07, 6.45) is 1.24. The summed E-state index contributed by atoms with van der Waals surface area (Å²) in [5.41, 5.74) is 8.40. The summed E-state index contributed by atoms with van der Waals surface area (Å²) in [6.45, 7) is 6.17. The monoisotopic (exact) mass is 218 g/mol. The molecule has 0 aliphatic rings. The van der Waals surface area contributed by atoms with Crippen LogP contribution in [0.4, 0.5) is 5.69 Å². The second-order valence-corrected chi connectivity index (χ2v) is 3.98. The molecule has 0 atom stereocenters. The van der Waals surface area contributed by atoms with Gasteiger partial charge in [0.05, 0.1) is 0 Å². The highest BCUT2D eigenvalue weighted by molar-refractivity contribution is 5.76. The first-order valence-electron chi connectivity index (χ1n) is 5.33. The lowest BCUT2D eigenvalue weighted by atomic mass is 10.1. The molecule has 86 valence electrons. The van der Waals surface area contributed by atoms with Crippen LogP contribution in [0.5, 0.6) is 0 Å². The Morgan fingerprint density at radius 1 is 1.38 bits per heavy atom. The molecule has 3 heteroatoms. The molecular formula is C13H18N2O. The van der Waals surface area contributed by atoms with Crippen molar-refractivity contribution in [1.82, 2.24) is 5.32 Å². The minimum atomic E-state index is 0.0554.